The van der Waals surface area contributed by atoms with Crippen LogP contribution < -0.4 is 5.32 Å². The molecule has 0 aromatic heterocycles. The SMILES string of the molecule is CNCc1ccc(C)cc1-c1cc(F)c(F)cc1F. The summed E-state index contributed by atoms with van der Waals surface area (Å²) >= 11 is 0. The quantitative estimate of drug-likeness (QED) is 0.832. The maximum absolute atomic E-state index is 13.8. The molecule has 0 saturated heterocycles. The average molecular weight is 265 g/mol. The van der Waals surface area contributed by atoms with Crippen molar-refractivity contribution in [3.63, 3.8) is 0 Å². The van der Waals surface area contributed by atoms with E-state index in [4.69, 9.17) is 0 Å². The van der Waals surface area contributed by atoms with Crippen LogP contribution >= 0.6 is 0 Å². The normalized spacial score (nSPS) is 10.8. The molecule has 0 aliphatic carbocycles. The molecule has 19 heavy (non-hydrogen) atoms. The van der Waals surface area contributed by atoms with E-state index in [-0.39, 0.29) is 5.56 Å². The van der Waals surface area contributed by atoms with Crippen molar-refractivity contribution in [2.45, 2.75) is 13.5 Å². The number of rotatable bonds is 3. The third-order valence-corrected chi connectivity index (χ3v) is 2.93. The molecule has 2 aromatic carbocycles. The van der Waals surface area contributed by atoms with E-state index in [1.807, 2.05) is 19.1 Å². The highest BCUT2D eigenvalue weighted by atomic mass is 19.2. The zero-order valence-corrected chi connectivity index (χ0v) is 10.7. The lowest BCUT2D eigenvalue weighted by molar-refractivity contribution is 0.496. The second-order valence-electron chi connectivity index (χ2n) is 4.44. The lowest BCUT2D eigenvalue weighted by Crippen LogP contribution is -2.07. The van der Waals surface area contributed by atoms with E-state index in [0.717, 1.165) is 17.2 Å². The molecule has 0 fully saturated rings. The fraction of sp³-hybridized carbons (Fsp3) is 0.200. The van der Waals surface area contributed by atoms with Gasteiger partial charge in [-0.2, -0.15) is 0 Å². The summed E-state index contributed by atoms with van der Waals surface area (Å²) in [4.78, 5) is 0. The van der Waals surface area contributed by atoms with Crippen molar-refractivity contribution in [2.24, 2.45) is 0 Å². The number of aryl methyl sites for hydroxylation is 1. The molecule has 1 nitrogen and oxygen atoms in total. The zero-order chi connectivity index (χ0) is 14.0. The molecule has 0 atom stereocenters. The standard InChI is InChI=1S/C15H14F3N/c1-9-3-4-10(8-19-2)11(5-9)12-6-14(17)15(18)7-13(12)16/h3-7,19H,8H2,1-2H3. The molecule has 0 aliphatic rings. The van der Waals surface area contributed by atoms with Gasteiger partial charge in [-0.15, -0.1) is 0 Å². The van der Waals surface area contributed by atoms with Gasteiger partial charge in [0.25, 0.3) is 0 Å². The molecule has 2 rings (SSSR count). The van der Waals surface area contributed by atoms with Crippen LogP contribution in [0.25, 0.3) is 11.1 Å². The second kappa shape index (κ2) is 5.45. The number of halogens is 3. The van der Waals surface area contributed by atoms with Gasteiger partial charge in [-0.1, -0.05) is 23.8 Å². The highest BCUT2D eigenvalue weighted by molar-refractivity contribution is 5.69. The topological polar surface area (TPSA) is 12.0 Å². The maximum atomic E-state index is 13.8. The molecular formula is C15H14F3N. The Morgan fingerprint density at radius 3 is 2.26 bits per heavy atom. The Balaban J connectivity index is 2.63. The molecule has 0 unspecified atom stereocenters. The molecular weight excluding hydrogens is 251 g/mol. The number of nitrogens with one attached hydrogen (secondary N) is 1. The molecule has 0 aliphatic heterocycles. The van der Waals surface area contributed by atoms with Gasteiger partial charge in [0.05, 0.1) is 0 Å². The van der Waals surface area contributed by atoms with Crippen LogP contribution in [0.2, 0.25) is 0 Å². The molecule has 4 heteroatoms. The Kier molecular flexibility index (Phi) is 3.90. The number of hydrogen-bond acceptors (Lipinski definition) is 1. The Bertz CT molecular complexity index is 609. The largest absolute Gasteiger partial charge is 0.316 e. The fourth-order valence-electron chi connectivity index (χ4n) is 2.01. The van der Waals surface area contributed by atoms with E-state index in [9.17, 15) is 13.2 Å². The molecule has 0 radical (unpaired) electrons. The van der Waals surface area contributed by atoms with Crippen LogP contribution in [0.3, 0.4) is 0 Å². The first-order valence-corrected chi connectivity index (χ1v) is 5.92. The third-order valence-electron chi connectivity index (χ3n) is 2.93. The summed E-state index contributed by atoms with van der Waals surface area (Å²) in [6.45, 7) is 2.39. The van der Waals surface area contributed by atoms with Crippen molar-refractivity contribution < 1.29 is 13.2 Å². The highest BCUT2D eigenvalue weighted by Crippen LogP contribution is 2.29. The first kappa shape index (κ1) is 13.6. The van der Waals surface area contributed by atoms with Crippen molar-refractivity contribution in [3.8, 4) is 11.1 Å². The van der Waals surface area contributed by atoms with E-state index in [1.54, 1.807) is 13.1 Å². The number of hydrogen-bond donors (Lipinski definition) is 1. The van der Waals surface area contributed by atoms with Gasteiger partial charge < -0.3 is 5.32 Å². The summed E-state index contributed by atoms with van der Waals surface area (Å²) in [5.41, 5.74) is 2.41. The molecule has 0 heterocycles. The van der Waals surface area contributed by atoms with Crippen molar-refractivity contribution in [1.82, 2.24) is 5.32 Å². The van der Waals surface area contributed by atoms with E-state index in [0.29, 0.717) is 18.2 Å². The smallest absolute Gasteiger partial charge is 0.161 e. The summed E-state index contributed by atoms with van der Waals surface area (Å²) in [5.74, 6) is -2.99. The van der Waals surface area contributed by atoms with Crippen molar-refractivity contribution in [1.29, 1.82) is 0 Å². The van der Waals surface area contributed by atoms with Crippen LogP contribution in [0.1, 0.15) is 11.1 Å². The van der Waals surface area contributed by atoms with Crippen LogP contribution in [-0.4, -0.2) is 7.05 Å². The number of benzene rings is 2. The Hall–Kier alpha value is -1.81. The van der Waals surface area contributed by atoms with Gasteiger partial charge in [-0.05, 0) is 31.2 Å². The summed E-state index contributed by atoms with van der Waals surface area (Å²) in [7, 11) is 1.77. The summed E-state index contributed by atoms with van der Waals surface area (Å²) in [6.07, 6.45) is 0. The van der Waals surface area contributed by atoms with Crippen molar-refractivity contribution in [2.75, 3.05) is 7.05 Å². The minimum atomic E-state index is -1.18. The predicted molar refractivity (Wildman–Crippen MR) is 69.3 cm³/mol. The Morgan fingerprint density at radius 1 is 0.895 bits per heavy atom. The first-order chi connectivity index (χ1) is 9.02. The van der Waals surface area contributed by atoms with Crippen LogP contribution in [0.15, 0.2) is 30.3 Å². The van der Waals surface area contributed by atoms with Gasteiger partial charge in [0.15, 0.2) is 11.6 Å². The van der Waals surface area contributed by atoms with Crippen LogP contribution in [-0.2, 0) is 6.54 Å². The first-order valence-electron chi connectivity index (χ1n) is 5.92. The summed E-state index contributed by atoms with van der Waals surface area (Å²) in [5, 5.41) is 2.97. The van der Waals surface area contributed by atoms with Gasteiger partial charge >= 0.3 is 0 Å². The molecule has 0 amide bonds. The van der Waals surface area contributed by atoms with Crippen molar-refractivity contribution >= 4 is 0 Å². The monoisotopic (exact) mass is 265 g/mol. The summed E-state index contributed by atoms with van der Waals surface area (Å²) < 4.78 is 40.1. The van der Waals surface area contributed by atoms with E-state index in [2.05, 4.69) is 5.32 Å². The van der Waals surface area contributed by atoms with E-state index < -0.39 is 17.5 Å². The molecule has 2 aromatic rings. The van der Waals surface area contributed by atoms with E-state index in [1.165, 1.54) is 0 Å². The average Bonchev–Trinajstić information content (AvgIpc) is 2.36. The van der Waals surface area contributed by atoms with Gasteiger partial charge in [0, 0.05) is 18.2 Å². The molecule has 1 N–H and O–H groups in total. The van der Waals surface area contributed by atoms with Gasteiger partial charge in [-0.3, -0.25) is 0 Å². The van der Waals surface area contributed by atoms with Crippen LogP contribution in [0.5, 0.6) is 0 Å². The lowest BCUT2D eigenvalue weighted by Gasteiger charge is -2.12. The zero-order valence-electron chi connectivity index (χ0n) is 10.7. The minimum absolute atomic E-state index is 0.0767. The third kappa shape index (κ3) is 2.79. The minimum Gasteiger partial charge on any atom is -0.316 e. The molecule has 100 valence electrons. The molecule has 0 saturated carbocycles. The Morgan fingerprint density at radius 2 is 1.58 bits per heavy atom. The van der Waals surface area contributed by atoms with Gasteiger partial charge in [0.1, 0.15) is 5.82 Å². The highest BCUT2D eigenvalue weighted by Gasteiger charge is 2.14. The van der Waals surface area contributed by atoms with Crippen molar-refractivity contribution in [3.05, 3.63) is 58.9 Å². The summed E-state index contributed by atoms with van der Waals surface area (Å²) in [6, 6.07) is 6.99. The predicted octanol–water partition coefficient (Wildman–Crippen LogP) is 3.80. The van der Waals surface area contributed by atoms with Gasteiger partial charge in [0.2, 0.25) is 0 Å². The molecule has 0 bridgehead atoms. The lowest BCUT2D eigenvalue weighted by atomic mass is 9.97. The Labute approximate surface area is 110 Å². The van der Waals surface area contributed by atoms with Crippen LogP contribution in [0.4, 0.5) is 13.2 Å². The fourth-order valence-corrected chi connectivity index (χ4v) is 2.01. The molecule has 0 spiro atoms. The van der Waals surface area contributed by atoms with Gasteiger partial charge in [-0.25, -0.2) is 13.2 Å². The van der Waals surface area contributed by atoms with Crippen LogP contribution in [0, 0.1) is 24.4 Å². The maximum Gasteiger partial charge on any atom is 0.161 e. The van der Waals surface area contributed by atoms with E-state index >= 15 is 0 Å². The second-order valence-corrected chi connectivity index (χ2v) is 4.44.